The number of likely N-dealkylation sites (tertiary alicyclic amines) is 1. The van der Waals surface area contributed by atoms with E-state index in [2.05, 4.69) is 4.72 Å². The molecule has 0 radical (unpaired) electrons. The minimum Gasteiger partial charge on any atom is -0.469 e. The number of rotatable bonds is 4. The monoisotopic (exact) mass is 340 g/mol. The van der Waals surface area contributed by atoms with Crippen molar-refractivity contribution in [2.75, 3.05) is 13.1 Å². The largest absolute Gasteiger partial charge is 0.469 e. The maximum Gasteiger partial charge on any atom is 0.257 e. The number of amides is 1. The number of carbonyl (C=O) groups excluding carboxylic acids is 1. The molecule has 0 aromatic carbocycles. The topological polar surface area (TPSA) is 79.6 Å². The van der Waals surface area contributed by atoms with Gasteiger partial charge >= 0.3 is 0 Å². The first kappa shape index (κ1) is 16.5. The van der Waals surface area contributed by atoms with Crippen LogP contribution in [-0.2, 0) is 10.0 Å². The molecule has 1 unspecified atom stereocenters. The Morgan fingerprint density at radius 2 is 2.00 bits per heavy atom. The molecule has 0 bridgehead atoms. The smallest absolute Gasteiger partial charge is 0.257 e. The molecule has 3 rings (SSSR count). The number of carbonyl (C=O) groups is 1. The summed E-state index contributed by atoms with van der Waals surface area (Å²) in [5.74, 6) is 0.432. The van der Waals surface area contributed by atoms with Gasteiger partial charge in [0, 0.05) is 19.1 Å². The maximum absolute atomic E-state index is 12.6. The SMILES string of the molecule is Cc1occc1C(=O)N1CCCC(S(=O)(=O)NC2CCCC2)C1. The maximum atomic E-state index is 12.6. The fraction of sp³-hybridized carbons (Fsp3) is 0.688. The molecule has 1 saturated heterocycles. The van der Waals surface area contributed by atoms with Gasteiger partial charge in [0.2, 0.25) is 10.0 Å². The van der Waals surface area contributed by atoms with Gasteiger partial charge in [-0.05, 0) is 38.7 Å². The number of sulfonamides is 1. The van der Waals surface area contributed by atoms with Crippen LogP contribution >= 0.6 is 0 Å². The van der Waals surface area contributed by atoms with Gasteiger partial charge in [-0.1, -0.05) is 12.8 Å². The Balaban J connectivity index is 1.68. The van der Waals surface area contributed by atoms with Gasteiger partial charge in [0.1, 0.15) is 5.76 Å². The van der Waals surface area contributed by atoms with Crippen LogP contribution in [0.25, 0.3) is 0 Å². The minimum absolute atomic E-state index is 0.0715. The molecule has 1 aliphatic carbocycles. The van der Waals surface area contributed by atoms with Crippen molar-refractivity contribution < 1.29 is 17.6 Å². The van der Waals surface area contributed by atoms with E-state index in [-0.39, 0.29) is 18.5 Å². The second kappa shape index (κ2) is 6.65. The minimum atomic E-state index is -3.38. The summed E-state index contributed by atoms with van der Waals surface area (Å²) in [5.41, 5.74) is 0.520. The second-order valence-electron chi connectivity index (χ2n) is 6.55. The van der Waals surface area contributed by atoms with Crippen molar-refractivity contribution in [3.8, 4) is 0 Å². The fourth-order valence-electron chi connectivity index (χ4n) is 3.53. The molecule has 23 heavy (non-hydrogen) atoms. The third-order valence-electron chi connectivity index (χ3n) is 4.88. The molecule has 1 amide bonds. The number of nitrogens with one attached hydrogen (secondary N) is 1. The molecule has 1 saturated carbocycles. The van der Waals surface area contributed by atoms with Crippen LogP contribution in [-0.4, -0.2) is 43.6 Å². The number of piperidine rings is 1. The Morgan fingerprint density at radius 3 is 2.65 bits per heavy atom. The molecule has 6 nitrogen and oxygen atoms in total. The molecule has 1 aromatic rings. The van der Waals surface area contributed by atoms with Crippen molar-refractivity contribution in [2.24, 2.45) is 0 Å². The summed E-state index contributed by atoms with van der Waals surface area (Å²) in [5, 5.41) is -0.520. The van der Waals surface area contributed by atoms with Crippen LogP contribution in [0.1, 0.15) is 54.6 Å². The lowest BCUT2D eigenvalue weighted by Gasteiger charge is -2.33. The average Bonchev–Trinajstić information content (AvgIpc) is 3.18. The number of furan rings is 1. The van der Waals surface area contributed by atoms with Crippen LogP contribution in [0.15, 0.2) is 16.7 Å². The highest BCUT2D eigenvalue weighted by molar-refractivity contribution is 7.90. The molecular weight excluding hydrogens is 316 g/mol. The van der Waals surface area contributed by atoms with Crippen LogP contribution in [0, 0.1) is 6.92 Å². The van der Waals surface area contributed by atoms with Crippen molar-refractivity contribution in [1.82, 2.24) is 9.62 Å². The molecule has 0 spiro atoms. The zero-order valence-corrected chi connectivity index (χ0v) is 14.3. The second-order valence-corrected chi connectivity index (χ2v) is 8.54. The molecule has 2 fully saturated rings. The molecule has 1 aliphatic heterocycles. The van der Waals surface area contributed by atoms with E-state index in [9.17, 15) is 13.2 Å². The van der Waals surface area contributed by atoms with E-state index in [1.54, 1.807) is 17.9 Å². The number of hydrogen-bond donors (Lipinski definition) is 1. The molecule has 1 aromatic heterocycles. The number of aryl methyl sites for hydroxylation is 1. The summed E-state index contributed by atoms with van der Waals surface area (Å²) in [6.45, 7) is 2.59. The van der Waals surface area contributed by atoms with Crippen LogP contribution < -0.4 is 4.72 Å². The van der Waals surface area contributed by atoms with Gasteiger partial charge in [-0.15, -0.1) is 0 Å². The van der Waals surface area contributed by atoms with Crippen LogP contribution in [0.3, 0.4) is 0 Å². The van der Waals surface area contributed by atoms with Gasteiger partial charge in [-0.25, -0.2) is 13.1 Å². The summed E-state index contributed by atoms with van der Waals surface area (Å²) in [6.07, 6.45) is 6.81. The summed E-state index contributed by atoms with van der Waals surface area (Å²) in [4.78, 5) is 14.2. The van der Waals surface area contributed by atoms with Gasteiger partial charge in [0.15, 0.2) is 0 Å². The van der Waals surface area contributed by atoms with Gasteiger partial charge in [0.25, 0.3) is 5.91 Å². The number of nitrogens with zero attached hydrogens (tertiary/aromatic N) is 1. The van der Waals surface area contributed by atoms with Gasteiger partial charge in [-0.2, -0.15) is 0 Å². The zero-order valence-electron chi connectivity index (χ0n) is 13.5. The molecule has 1 atom stereocenters. The third kappa shape index (κ3) is 3.61. The highest BCUT2D eigenvalue weighted by Crippen LogP contribution is 2.23. The Hall–Kier alpha value is -1.34. The summed E-state index contributed by atoms with van der Waals surface area (Å²) in [7, 11) is -3.38. The lowest BCUT2D eigenvalue weighted by atomic mass is 10.1. The molecule has 1 N–H and O–H groups in total. The van der Waals surface area contributed by atoms with E-state index < -0.39 is 15.3 Å². The van der Waals surface area contributed by atoms with E-state index in [0.717, 1.165) is 25.7 Å². The van der Waals surface area contributed by atoms with Crippen LogP contribution in [0.2, 0.25) is 0 Å². The van der Waals surface area contributed by atoms with Gasteiger partial charge < -0.3 is 9.32 Å². The van der Waals surface area contributed by atoms with Crippen molar-refractivity contribution in [1.29, 1.82) is 0 Å². The molecule has 7 heteroatoms. The Labute approximate surface area is 137 Å². The van der Waals surface area contributed by atoms with Gasteiger partial charge in [-0.3, -0.25) is 4.79 Å². The fourth-order valence-corrected chi connectivity index (χ4v) is 5.27. The summed E-state index contributed by atoms with van der Waals surface area (Å²) < 4.78 is 33.2. The lowest BCUT2D eigenvalue weighted by molar-refractivity contribution is 0.0725. The average molecular weight is 340 g/mol. The first-order valence-corrected chi connectivity index (χ1v) is 9.86. The molecule has 2 heterocycles. The molecule has 128 valence electrons. The first-order chi connectivity index (χ1) is 11.0. The number of hydrogen-bond acceptors (Lipinski definition) is 4. The van der Waals surface area contributed by atoms with Gasteiger partial charge in [0.05, 0.1) is 17.1 Å². The zero-order chi connectivity index (χ0) is 16.4. The lowest BCUT2D eigenvalue weighted by Crippen LogP contribution is -2.50. The van der Waals surface area contributed by atoms with Crippen molar-refractivity contribution in [3.05, 3.63) is 23.7 Å². The van der Waals surface area contributed by atoms with Crippen LogP contribution in [0.5, 0.6) is 0 Å². The van der Waals surface area contributed by atoms with E-state index in [4.69, 9.17) is 4.42 Å². The predicted octanol–water partition coefficient (Wildman–Crippen LogP) is 2.05. The summed E-state index contributed by atoms with van der Waals surface area (Å²) >= 11 is 0. The Morgan fingerprint density at radius 1 is 1.26 bits per heavy atom. The quantitative estimate of drug-likeness (QED) is 0.910. The third-order valence-corrected chi connectivity index (χ3v) is 6.80. The van der Waals surface area contributed by atoms with E-state index in [1.807, 2.05) is 0 Å². The molecule has 2 aliphatic rings. The summed E-state index contributed by atoms with van der Waals surface area (Å²) in [6, 6.07) is 1.72. The highest BCUT2D eigenvalue weighted by atomic mass is 32.2. The van der Waals surface area contributed by atoms with E-state index in [1.165, 1.54) is 6.26 Å². The van der Waals surface area contributed by atoms with Crippen LogP contribution in [0.4, 0.5) is 0 Å². The molecular formula is C16H24N2O4S. The predicted molar refractivity (Wildman–Crippen MR) is 86.7 cm³/mol. The Bertz CT molecular complexity index is 661. The van der Waals surface area contributed by atoms with Crippen molar-refractivity contribution in [2.45, 2.75) is 56.7 Å². The van der Waals surface area contributed by atoms with E-state index >= 15 is 0 Å². The van der Waals surface area contributed by atoms with E-state index in [0.29, 0.717) is 30.7 Å². The standard InChI is InChI=1S/C16H24N2O4S/c1-12-15(8-10-22-12)16(19)18-9-4-7-14(11-18)23(20,21)17-13-5-2-3-6-13/h8,10,13-14,17H,2-7,9,11H2,1H3. The van der Waals surface area contributed by atoms with Crippen molar-refractivity contribution >= 4 is 15.9 Å². The Kier molecular flexibility index (Phi) is 4.77. The highest BCUT2D eigenvalue weighted by Gasteiger charge is 2.35. The first-order valence-electron chi connectivity index (χ1n) is 8.32. The van der Waals surface area contributed by atoms with Crippen molar-refractivity contribution in [3.63, 3.8) is 0 Å². The normalized spacial score (nSPS) is 23.3.